The molecule has 1 saturated carbocycles. The summed E-state index contributed by atoms with van der Waals surface area (Å²) in [7, 11) is 0. The Morgan fingerprint density at radius 2 is 0.556 bits per heavy atom. The van der Waals surface area contributed by atoms with Gasteiger partial charge in [-0.1, -0.05) is 46.4 Å². The second-order valence-electron chi connectivity index (χ2n) is 3.45. The summed E-state index contributed by atoms with van der Waals surface area (Å²) in [4.78, 5) is 0. The Morgan fingerprint density at radius 1 is 0.389 bits per heavy atom. The standard InChI is InChI=1S/C6Cl4F8/c7-1(11)2(8,12)4(10,14)6(17,18)5(15,16)3(1,9)13. The molecule has 0 spiro atoms. The summed E-state index contributed by atoms with van der Waals surface area (Å²) in [5, 5.41) is -21.6. The van der Waals surface area contributed by atoms with Gasteiger partial charge in [-0.05, 0) is 0 Å². The summed E-state index contributed by atoms with van der Waals surface area (Å²) >= 11 is 17.1. The van der Waals surface area contributed by atoms with Crippen LogP contribution in [0.15, 0.2) is 0 Å². The topological polar surface area (TPSA) is 0 Å². The first-order valence-electron chi connectivity index (χ1n) is 3.77. The molecule has 0 heterocycles. The van der Waals surface area contributed by atoms with Crippen LogP contribution in [0.5, 0.6) is 0 Å². The summed E-state index contributed by atoms with van der Waals surface area (Å²) < 4.78 is 105. The van der Waals surface area contributed by atoms with Crippen LogP contribution in [0.1, 0.15) is 0 Å². The van der Waals surface area contributed by atoms with E-state index in [0.29, 0.717) is 0 Å². The van der Waals surface area contributed by atoms with E-state index in [1.807, 2.05) is 0 Å². The quantitative estimate of drug-likeness (QED) is 0.423. The van der Waals surface area contributed by atoms with Gasteiger partial charge < -0.3 is 0 Å². The van der Waals surface area contributed by atoms with Crippen LogP contribution >= 0.6 is 46.4 Å². The minimum Gasteiger partial charge on any atom is -0.216 e. The summed E-state index contributed by atoms with van der Waals surface area (Å²) in [6.45, 7) is 0. The monoisotopic (exact) mass is 364 g/mol. The van der Waals surface area contributed by atoms with Gasteiger partial charge >= 0.3 is 22.1 Å². The maximum atomic E-state index is 13.4. The van der Waals surface area contributed by atoms with Gasteiger partial charge in [-0.3, -0.25) is 0 Å². The van der Waals surface area contributed by atoms with E-state index in [1.165, 1.54) is 0 Å². The van der Waals surface area contributed by atoms with Crippen LogP contribution in [0.25, 0.3) is 0 Å². The second-order valence-corrected chi connectivity index (χ2v) is 5.53. The average Bonchev–Trinajstić information content (AvgIpc) is 2.14. The molecule has 0 amide bonds. The van der Waals surface area contributed by atoms with E-state index in [0.717, 1.165) is 0 Å². The van der Waals surface area contributed by atoms with Gasteiger partial charge in [-0.15, -0.1) is 0 Å². The number of hydrogen-bond acceptors (Lipinski definition) is 0. The Kier molecular flexibility index (Phi) is 3.35. The molecule has 1 aliphatic carbocycles. The van der Waals surface area contributed by atoms with E-state index in [1.54, 1.807) is 0 Å². The fourth-order valence-electron chi connectivity index (χ4n) is 1.18. The van der Waals surface area contributed by atoms with Gasteiger partial charge in [-0.25, -0.2) is 17.6 Å². The van der Waals surface area contributed by atoms with Crippen molar-refractivity contribution in [3.8, 4) is 0 Å². The molecule has 4 atom stereocenters. The highest BCUT2D eigenvalue weighted by Crippen LogP contribution is 2.72. The van der Waals surface area contributed by atoms with Gasteiger partial charge in [0, 0.05) is 0 Å². The highest BCUT2D eigenvalue weighted by atomic mass is 35.5. The molecule has 0 N–H and O–H groups in total. The van der Waals surface area contributed by atoms with E-state index < -0.39 is 32.4 Å². The molecule has 1 aliphatic rings. The Balaban J connectivity index is 3.72. The van der Waals surface area contributed by atoms with Crippen molar-refractivity contribution in [3.05, 3.63) is 0 Å². The maximum absolute atomic E-state index is 13.4. The first-order chi connectivity index (χ1) is 7.50. The lowest BCUT2D eigenvalue weighted by Gasteiger charge is -2.52. The molecule has 0 aromatic heterocycles. The molecular formula is C6Cl4F8. The van der Waals surface area contributed by atoms with Crippen LogP contribution in [0.2, 0.25) is 0 Å². The largest absolute Gasteiger partial charge is 0.366 e. The number of rotatable bonds is 0. The lowest BCUT2D eigenvalue weighted by atomic mass is 9.84. The van der Waals surface area contributed by atoms with Crippen LogP contribution in [-0.4, -0.2) is 32.4 Å². The third-order valence-corrected chi connectivity index (χ3v) is 4.69. The molecule has 0 aliphatic heterocycles. The minimum absolute atomic E-state index is 4.20. The highest BCUT2D eigenvalue weighted by molar-refractivity contribution is 6.43. The molecule has 0 saturated heterocycles. The van der Waals surface area contributed by atoms with Crippen LogP contribution in [0.4, 0.5) is 35.1 Å². The highest BCUT2D eigenvalue weighted by Gasteiger charge is 2.97. The van der Waals surface area contributed by atoms with Crippen LogP contribution < -0.4 is 0 Å². The Hall–Kier alpha value is 0.600. The summed E-state index contributed by atoms with van der Waals surface area (Å²) in [6.07, 6.45) is 0. The number of halogens is 12. The molecule has 0 radical (unpaired) electrons. The van der Waals surface area contributed by atoms with E-state index in [-0.39, 0.29) is 0 Å². The molecule has 12 heteroatoms. The zero-order chi connectivity index (χ0) is 15.0. The van der Waals surface area contributed by atoms with Crippen LogP contribution in [-0.2, 0) is 0 Å². The minimum atomic E-state index is -6.28. The first kappa shape index (κ1) is 16.7. The van der Waals surface area contributed by atoms with Gasteiger partial charge in [-0.2, -0.15) is 17.6 Å². The predicted octanol–water partition coefficient (Wildman–Crippen LogP) is 4.89. The van der Waals surface area contributed by atoms with Crippen molar-refractivity contribution in [1.29, 1.82) is 0 Å². The van der Waals surface area contributed by atoms with Crippen molar-refractivity contribution in [2.24, 2.45) is 0 Å². The van der Waals surface area contributed by atoms with Crippen molar-refractivity contribution in [2.45, 2.75) is 32.4 Å². The lowest BCUT2D eigenvalue weighted by molar-refractivity contribution is -0.346. The Labute approximate surface area is 114 Å². The van der Waals surface area contributed by atoms with Crippen molar-refractivity contribution >= 4 is 46.4 Å². The molecule has 18 heavy (non-hydrogen) atoms. The van der Waals surface area contributed by atoms with Crippen molar-refractivity contribution in [1.82, 2.24) is 0 Å². The number of hydrogen-bond donors (Lipinski definition) is 0. The van der Waals surface area contributed by atoms with Gasteiger partial charge in [0.2, 0.25) is 0 Å². The zero-order valence-corrected chi connectivity index (χ0v) is 10.6. The molecule has 4 unspecified atom stereocenters. The third kappa shape index (κ3) is 1.36. The van der Waals surface area contributed by atoms with E-state index in [9.17, 15) is 35.1 Å². The molecule has 0 nitrogen and oxygen atoms in total. The van der Waals surface area contributed by atoms with Crippen molar-refractivity contribution < 1.29 is 35.1 Å². The smallest absolute Gasteiger partial charge is 0.216 e. The molecular weight excluding hydrogens is 366 g/mol. The zero-order valence-electron chi connectivity index (χ0n) is 7.54. The SMILES string of the molecule is FC1(F)C(F)(F)C(F)(Cl)C(F)(Cl)C(F)(Cl)C1(F)Cl. The fourth-order valence-corrected chi connectivity index (χ4v) is 2.28. The molecule has 0 aromatic carbocycles. The van der Waals surface area contributed by atoms with Gasteiger partial charge in [0.25, 0.3) is 10.3 Å². The van der Waals surface area contributed by atoms with Gasteiger partial charge in [0.15, 0.2) is 0 Å². The maximum Gasteiger partial charge on any atom is 0.366 e. The first-order valence-corrected chi connectivity index (χ1v) is 5.28. The van der Waals surface area contributed by atoms with E-state index in [4.69, 9.17) is 0 Å². The van der Waals surface area contributed by atoms with Crippen LogP contribution in [0.3, 0.4) is 0 Å². The van der Waals surface area contributed by atoms with Gasteiger partial charge in [0.1, 0.15) is 0 Å². The summed E-state index contributed by atoms with van der Waals surface area (Å²) in [5.41, 5.74) is 0. The molecule has 108 valence electrons. The van der Waals surface area contributed by atoms with Crippen LogP contribution in [0, 0.1) is 0 Å². The predicted molar refractivity (Wildman–Crippen MR) is 48.7 cm³/mol. The Morgan fingerprint density at radius 3 is 0.722 bits per heavy atom. The van der Waals surface area contributed by atoms with E-state index >= 15 is 0 Å². The third-order valence-electron chi connectivity index (χ3n) is 2.37. The molecule has 0 aromatic rings. The van der Waals surface area contributed by atoms with Crippen molar-refractivity contribution in [2.75, 3.05) is 0 Å². The van der Waals surface area contributed by atoms with E-state index in [2.05, 4.69) is 46.4 Å². The number of alkyl halides is 12. The molecule has 1 fully saturated rings. The Bertz CT molecular complexity index is 259. The lowest BCUT2D eigenvalue weighted by Crippen LogP contribution is -2.81. The molecule has 0 bridgehead atoms. The fraction of sp³-hybridized carbons (Fsp3) is 1.00. The van der Waals surface area contributed by atoms with Crippen molar-refractivity contribution in [3.63, 3.8) is 0 Å². The summed E-state index contributed by atoms with van der Waals surface area (Å²) in [5.74, 6) is -12.6. The average molecular weight is 366 g/mol. The van der Waals surface area contributed by atoms with Gasteiger partial charge in [0.05, 0.1) is 0 Å². The second kappa shape index (κ2) is 3.62. The normalized spacial score (nSPS) is 55.3. The molecule has 1 rings (SSSR count). The summed E-state index contributed by atoms with van der Waals surface area (Å²) in [6, 6.07) is 0.